The molecule has 0 aliphatic carbocycles. The van der Waals surface area contributed by atoms with Crippen molar-refractivity contribution in [1.29, 1.82) is 5.41 Å². The summed E-state index contributed by atoms with van der Waals surface area (Å²) in [6.45, 7) is 2.21. The van der Waals surface area contributed by atoms with Gasteiger partial charge < -0.3 is 30.4 Å². The summed E-state index contributed by atoms with van der Waals surface area (Å²) in [5.74, 6) is -1.75. The number of halogens is 4. The molecule has 2 aliphatic rings. The van der Waals surface area contributed by atoms with Gasteiger partial charge in [0.2, 0.25) is 0 Å². The van der Waals surface area contributed by atoms with Crippen LogP contribution in [-0.2, 0) is 4.74 Å². The van der Waals surface area contributed by atoms with Crippen LogP contribution in [0.4, 0.5) is 13.6 Å². The van der Waals surface area contributed by atoms with Crippen LogP contribution in [0.2, 0.25) is 10.0 Å². The van der Waals surface area contributed by atoms with Crippen LogP contribution in [0.1, 0.15) is 29.3 Å². The lowest BCUT2D eigenvalue weighted by molar-refractivity contribution is 0.0728. The number of rotatable bonds is 6. The molecule has 37 heavy (non-hydrogen) atoms. The van der Waals surface area contributed by atoms with E-state index in [1.54, 1.807) is 14.0 Å². The normalized spacial score (nSPS) is 20.9. The molecule has 2 amide bonds. The average molecular weight is 553 g/mol. The molecule has 0 bridgehead atoms. The Morgan fingerprint density at radius 3 is 2.57 bits per heavy atom. The van der Waals surface area contributed by atoms with E-state index in [0.29, 0.717) is 11.3 Å². The van der Waals surface area contributed by atoms with Gasteiger partial charge in [-0.1, -0.05) is 23.2 Å². The highest BCUT2D eigenvalue weighted by atomic mass is 35.5. The fourth-order valence-electron chi connectivity index (χ4n) is 4.36. The molecule has 196 valence electrons. The second-order valence-electron chi connectivity index (χ2n) is 8.58. The summed E-state index contributed by atoms with van der Waals surface area (Å²) in [4.78, 5) is 26.2. The van der Waals surface area contributed by atoms with Gasteiger partial charge in [-0.05, 0) is 31.5 Å². The summed E-state index contributed by atoms with van der Waals surface area (Å²) in [5, 5.41) is 14.5. The molecule has 4 rings (SSSR count). The smallest absolute Gasteiger partial charge is 0.407 e. The van der Waals surface area contributed by atoms with Gasteiger partial charge in [0.1, 0.15) is 24.0 Å². The molecule has 0 spiro atoms. The maximum absolute atomic E-state index is 13.8. The lowest BCUT2D eigenvalue weighted by Crippen LogP contribution is -2.48. The lowest BCUT2D eigenvalue weighted by atomic mass is 9.90. The molecule has 0 radical (unpaired) electrons. The molecule has 2 atom stereocenters. The number of ether oxygens (including phenoxy) is 2. The first-order valence-electron chi connectivity index (χ1n) is 11.4. The number of carbonyl (C=O) groups is 2. The van der Waals surface area contributed by atoms with Crippen LogP contribution in [0.15, 0.2) is 35.9 Å². The summed E-state index contributed by atoms with van der Waals surface area (Å²) < 4.78 is 38.4. The first-order valence-corrected chi connectivity index (χ1v) is 12.2. The summed E-state index contributed by atoms with van der Waals surface area (Å²) >= 11 is 12.7. The van der Waals surface area contributed by atoms with Crippen LogP contribution >= 0.6 is 23.2 Å². The Morgan fingerprint density at radius 1 is 1.24 bits per heavy atom. The Balaban J connectivity index is 1.57. The zero-order valence-electron chi connectivity index (χ0n) is 20.0. The molecule has 2 aromatic carbocycles. The highest BCUT2D eigenvalue weighted by Crippen LogP contribution is 2.35. The van der Waals surface area contributed by atoms with E-state index in [9.17, 15) is 18.4 Å². The van der Waals surface area contributed by atoms with Crippen molar-refractivity contribution in [3.63, 3.8) is 0 Å². The molecule has 2 heterocycles. The number of carbonyl (C=O) groups excluding carboxylic acids is 2. The van der Waals surface area contributed by atoms with E-state index >= 15 is 0 Å². The third-order valence-electron chi connectivity index (χ3n) is 6.18. The summed E-state index contributed by atoms with van der Waals surface area (Å²) in [7, 11) is 1.61. The quantitative estimate of drug-likeness (QED) is 0.484. The zero-order chi connectivity index (χ0) is 26.9. The molecule has 0 unspecified atom stereocenters. The number of hydrogen-bond donors (Lipinski definition) is 3. The molecule has 12 heteroatoms. The van der Waals surface area contributed by atoms with Gasteiger partial charge in [-0.25, -0.2) is 13.6 Å². The first-order chi connectivity index (χ1) is 17.6. The van der Waals surface area contributed by atoms with E-state index in [-0.39, 0.29) is 58.8 Å². The second-order valence-corrected chi connectivity index (χ2v) is 9.40. The summed E-state index contributed by atoms with van der Waals surface area (Å²) in [6, 6.07) is 5.37. The van der Waals surface area contributed by atoms with Gasteiger partial charge in [-0.15, -0.1) is 0 Å². The minimum atomic E-state index is -0.730. The fraction of sp³-hybridized carbons (Fsp3) is 0.320. The maximum Gasteiger partial charge on any atom is 0.407 e. The highest BCUT2D eigenvalue weighted by molar-refractivity contribution is 6.37. The third kappa shape index (κ3) is 5.65. The van der Waals surface area contributed by atoms with Gasteiger partial charge in [-0.2, -0.15) is 0 Å². The van der Waals surface area contributed by atoms with E-state index in [1.165, 1.54) is 29.2 Å². The average Bonchev–Trinajstić information content (AvgIpc) is 3.26. The Hall–Kier alpha value is -3.37. The summed E-state index contributed by atoms with van der Waals surface area (Å²) in [6.07, 6.45) is -0.784. The third-order valence-corrected chi connectivity index (χ3v) is 6.79. The molecule has 8 nitrogen and oxygen atoms in total. The Kier molecular flexibility index (Phi) is 7.89. The number of benzene rings is 2. The van der Waals surface area contributed by atoms with Crippen molar-refractivity contribution in [3.8, 4) is 5.75 Å². The molecule has 2 saturated heterocycles. The zero-order valence-corrected chi connectivity index (χ0v) is 21.5. The van der Waals surface area contributed by atoms with E-state index in [4.69, 9.17) is 38.1 Å². The van der Waals surface area contributed by atoms with Gasteiger partial charge in [0.25, 0.3) is 5.91 Å². The number of alkyl carbamates (subject to hydrolysis) is 1. The lowest BCUT2D eigenvalue weighted by Gasteiger charge is -2.36. The SMILES string of the molecule is CN/C(=C1/CCN(C(=O)c2cc(Cl)cc(OC[C@H]3CNC(=O)O3)c2Cl)[C@@H](C)C1=N)c1cc(F)cc(F)c1. The largest absolute Gasteiger partial charge is 0.488 e. The molecule has 2 aliphatic heterocycles. The van der Waals surface area contributed by atoms with Crippen LogP contribution in [0.3, 0.4) is 0 Å². The second kappa shape index (κ2) is 10.9. The van der Waals surface area contributed by atoms with Crippen molar-refractivity contribution in [2.75, 3.05) is 26.7 Å². The van der Waals surface area contributed by atoms with E-state index in [1.807, 2.05) is 0 Å². The maximum atomic E-state index is 13.8. The molecule has 3 N–H and O–H groups in total. The van der Waals surface area contributed by atoms with Gasteiger partial charge in [0.05, 0.1) is 28.9 Å². The molecule has 2 aromatic rings. The van der Waals surface area contributed by atoms with Crippen molar-refractivity contribution in [1.82, 2.24) is 15.5 Å². The monoisotopic (exact) mass is 552 g/mol. The topological polar surface area (TPSA) is 104 Å². The fourth-order valence-corrected chi connectivity index (χ4v) is 4.81. The summed E-state index contributed by atoms with van der Waals surface area (Å²) in [5.41, 5.74) is 1.46. The van der Waals surface area contributed by atoms with Crippen molar-refractivity contribution >= 4 is 46.6 Å². The molecule has 2 fully saturated rings. The molecular formula is C25H24Cl2F2N4O4. The minimum absolute atomic E-state index is 0.0127. The van der Waals surface area contributed by atoms with Crippen LogP contribution in [0, 0.1) is 17.0 Å². The molecule has 0 aromatic heterocycles. The van der Waals surface area contributed by atoms with Crippen LogP contribution in [-0.4, -0.2) is 61.5 Å². The number of cyclic esters (lactones) is 1. The van der Waals surface area contributed by atoms with Crippen LogP contribution in [0.25, 0.3) is 5.70 Å². The molecule has 0 saturated carbocycles. The number of nitrogens with zero attached hydrogens (tertiary/aromatic N) is 1. The number of nitrogens with one attached hydrogen (secondary N) is 3. The van der Waals surface area contributed by atoms with Gasteiger partial charge >= 0.3 is 6.09 Å². The predicted molar refractivity (Wildman–Crippen MR) is 135 cm³/mol. The van der Waals surface area contributed by atoms with Gasteiger partial charge in [0, 0.05) is 47.6 Å². The number of piperidine rings is 1. The van der Waals surface area contributed by atoms with Crippen molar-refractivity contribution in [2.45, 2.75) is 25.5 Å². The van der Waals surface area contributed by atoms with E-state index in [2.05, 4.69) is 10.6 Å². The number of amides is 2. The Bertz CT molecular complexity index is 1280. The number of likely N-dealkylation sites (tertiary alicyclic amines) is 1. The van der Waals surface area contributed by atoms with Crippen molar-refractivity contribution in [3.05, 3.63) is 68.7 Å². The first kappa shape index (κ1) is 26.7. The minimum Gasteiger partial charge on any atom is -0.488 e. The number of hydrogen-bond acceptors (Lipinski definition) is 6. The van der Waals surface area contributed by atoms with Gasteiger partial charge in [-0.3, -0.25) is 4.79 Å². The van der Waals surface area contributed by atoms with Gasteiger partial charge in [0.15, 0.2) is 6.10 Å². The predicted octanol–water partition coefficient (Wildman–Crippen LogP) is 4.64. The highest BCUT2D eigenvalue weighted by Gasteiger charge is 2.34. The van der Waals surface area contributed by atoms with Crippen molar-refractivity contribution < 1.29 is 27.8 Å². The van der Waals surface area contributed by atoms with Crippen LogP contribution < -0.4 is 15.4 Å². The molecular weight excluding hydrogens is 529 g/mol. The van der Waals surface area contributed by atoms with E-state index < -0.39 is 35.8 Å². The van der Waals surface area contributed by atoms with Crippen molar-refractivity contribution in [2.24, 2.45) is 0 Å². The Morgan fingerprint density at radius 2 is 1.95 bits per heavy atom. The Labute approximate surface area is 222 Å². The standard InChI is InChI=1S/C25H24Cl2F2N4O4/c1-12-22(30)18(23(31-2)13-5-15(28)9-16(29)6-13)3-4-33(12)24(34)19-7-14(26)8-20(21(19)27)36-11-17-10-32-25(35)37-17/h5-9,12,17,30-31H,3-4,10-11H2,1-2H3,(H,32,35)/b23-18-,30-22?/t12-,17+/m0/s1. The van der Waals surface area contributed by atoms with E-state index in [0.717, 1.165) is 6.07 Å². The van der Waals surface area contributed by atoms with Crippen LogP contribution in [0.5, 0.6) is 5.75 Å².